The summed E-state index contributed by atoms with van der Waals surface area (Å²) in [4.78, 5) is 2.44. The van der Waals surface area contributed by atoms with Crippen LogP contribution in [0.2, 0.25) is 0 Å². The predicted octanol–water partition coefficient (Wildman–Crippen LogP) is 0.820. The highest BCUT2D eigenvalue weighted by molar-refractivity contribution is 4.71. The maximum absolute atomic E-state index is 5.86. The first-order valence-electron chi connectivity index (χ1n) is 4.31. The third-order valence-electron chi connectivity index (χ3n) is 2.24. The van der Waals surface area contributed by atoms with Crippen molar-refractivity contribution in [2.24, 2.45) is 5.73 Å². The topological polar surface area (TPSA) is 29.3 Å². The molecule has 0 aromatic heterocycles. The maximum atomic E-state index is 5.86. The summed E-state index contributed by atoms with van der Waals surface area (Å²) in [7, 11) is 0. The summed E-state index contributed by atoms with van der Waals surface area (Å²) in [6.45, 7) is 5.73. The highest BCUT2D eigenvalue weighted by Crippen LogP contribution is 2.07. The Morgan fingerprint density at radius 2 is 2.30 bits per heavy atom. The molecule has 1 heterocycles. The molecule has 2 N–H and O–H groups in total. The molecule has 1 aliphatic rings. The molecule has 2 nitrogen and oxygen atoms in total. The molecule has 0 aromatic rings. The van der Waals surface area contributed by atoms with Crippen molar-refractivity contribution in [3.8, 4) is 0 Å². The zero-order valence-electron chi connectivity index (χ0n) is 6.84. The molecule has 1 rings (SSSR count). The molecule has 1 atom stereocenters. The zero-order chi connectivity index (χ0) is 7.40. The molecule has 0 bridgehead atoms. The van der Waals surface area contributed by atoms with Gasteiger partial charge in [0, 0.05) is 12.6 Å². The van der Waals surface area contributed by atoms with Crippen molar-refractivity contribution in [3.63, 3.8) is 0 Å². The molecule has 1 saturated heterocycles. The first-order chi connectivity index (χ1) is 4.83. The van der Waals surface area contributed by atoms with E-state index in [2.05, 4.69) is 11.8 Å². The Balaban J connectivity index is 2.30. The smallest absolute Gasteiger partial charge is 0.0167 e. The number of rotatable bonds is 1. The zero-order valence-corrected chi connectivity index (χ0v) is 6.84. The van der Waals surface area contributed by atoms with Crippen LogP contribution in [0.15, 0.2) is 0 Å². The van der Waals surface area contributed by atoms with Crippen LogP contribution in [-0.4, -0.2) is 30.6 Å². The van der Waals surface area contributed by atoms with Crippen LogP contribution >= 0.6 is 0 Å². The normalized spacial score (nSPS) is 30.0. The largest absolute Gasteiger partial charge is 0.327 e. The van der Waals surface area contributed by atoms with Gasteiger partial charge in [0.15, 0.2) is 0 Å². The van der Waals surface area contributed by atoms with Crippen molar-refractivity contribution < 1.29 is 0 Å². The monoisotopic (exact) mass is 142 g/mol. The number of hydrogen-bond donors (Lipinski definition) is 1. The first-order valence-corrected chi connectivity index (χ1v) is 4.31. The third kappa shape index (κ3) is 2.27. The highest BCUT2D eigenvalue weighted by atomic mass is 15.1. The van der Waals surface area contributed by atoms with Gasteiger partial charge < -0.3 is 10.6 Å². The molecule has 0 aliphatic carbocycles. The Morgan fingerprint density at radius 1 is 1.50 bits per heavy atom. The second-order valence-electron chi connectivity index (χ2n) is 3.15. The van der Waals surface area contributed by atoms with Crippen LogP contribution in [0, 0.1) is 0 Å². The Kier molecular flexibility index (Phi) is 3.16. The summed E-state index contributed by atoms with van der Waals surface area (Å²) in [6, 6.07) is 0.433. The molecular formula is C8H18N2. The van der Waals surface area contributed by atoms with Gasteiger partial charge >= 0.3 is 0 Å². The van der Waals surface area contributed by atoms with E-state index in [0.29, 0.717) is 6.04 Å². The van der Waals surface area contributed by atoms with Gasteiger partial charge in [0.1, 0.15) is 0 Å². The van der Waals surface area contributed by atoms with E-state index >= 15 is 0 Å². The lowest BCUT2D eigenvalue weighted by Gasteiger charge is -2.19. The average Bonchev–Trinajstić information content (AvgIpc) is 2.13. The molecule has 1 fully saturated rings. The van der Waals surface area contributed by atoms with Gasteiger partial charge in [-0.1, -0.05) is 13.3 Å². The summed E-state index contributed by atoms with van der Waals surface area (Å²) < 4.78 is 0. The van der Waals surface area contributed by atoms with E-state index in [9.17, 15) is 0 Å². The van der Waals surface area contributed by atoms with Crippen molar-refractivity contribution in [1.82, 2.24) is 4.90 Å². The minimum atomic E-state index is 0.433. The number of likely N-dealkylation sites (N-methyl/N-ethyl adjacent to an activating group) is 1. The molecule has 2 heteroatoms. The lowest BCUT2D eigenvalue weighted by molar-refractivity contribution is 0.287. The van der Waals surface area contributed by atoms with Crippen LogP contribution < -0.4 is 5.73 Å². The van der Waals surface area contributed by atoms with Crippen LogP contribution in [0.1, 0.15) is 26.2 Å². The highest BCUT2D eigenvalue weighted by Gasteiger charge is 2.12. The Morgan fingerprint density at radius 3 is 3.00 bits per heavy atom. The van der Waals surface area contributed by atoms with Crippen molar-refractivity contribution in [2.75, 3.05) is 19.6 Å². The molecular weight excluding hydrogens is 124 g/mol. The lowest BCUT2D eigenvalue weighted by Crippen LogP contribution is -2.35. The summed E-state index contributed by atoms with van der Waals surface area (Å²) in [6.07, 6.45) is 3.87. The van der Waals surface area contributed by atoms with E-state index in [1.54, 1.807) is 0 Å². The summed E-state index contributed by atoms with van der Waals surface area (Å²) in [5, 5.41) is 0. The second kappa shape index (κ2) is 3.94. The molecule has 1 aliphatic heterocycles. The van der Waals surface area contributed by atoms with Crippen LogP contribution in [0.4, 0.5) is 0 Å². The van der Waals surface area contributed by atoms with E-state index in [4.69, 9.17) is 5.73 Å². The van der Waals surface area contributed by atoms with E-state index in [1.165, 1.54) is 25.8 Å². The number of hydrogen-bond acceptors (Lipinski definition) is 2. The van der Waals surface area contributed by atoms with Gasteiger partial charge in [-0.25, -0.2) is 0 Å². The molecule has 0 radical (unpaired) electrons. The van der Waals surface area contributed by atoms with Crippen LogP contribution in [0.5, 0.6) is 0 Å². The minimum absolute atomic E-state index is 0.433. The lowest BCUT2D eigenvalue weighted by atomic mass is 10.2. The SMILES string of the molecule is CCN1CCCC[C@@H](N)C1. The number of nitrogens with zero attached hydrogens (tertiary/aromatic N) is 1. The molecule has 0 aromatic carbocycles. The maximum Gasteiger partial charge on any atom is 0.0167 e. The summed E-state index contributed by atoms with van der Waals surface area (Å²) in [5.41, 5.74) is 5.86. The van der Waals surface area contributed by atoms with E-state index in [1.807, 2.05) is 0 Å². The Bertz CT molecular complexity index is 93.3. The number of likely N-dealkylation sites (tertiary alicyclic amines) is 1. The van der Waals surface area contributed by atoms with Crippen LogP contribution in [-0.2, 0) is 0 Å². The van der Waals surface area contributed by atoms with Crippen molar-refractivity contribution >= 4 is 0 Å². The van der Waals surface area contributed by atoms with Crippen LogP contribution in [0.25, 0.3) is 0 Å². The minimum Gasteiger partial charge on any atom is -0.327 e. The van der Waals surface area contributed by atoms with Crippen LogP contribution in [0.3, 0.4) is 0 Å². The van der Waals surface area contributed by atoms with Crippen molar-refractivity contribution in [1.29, 1.82) is 0 Å². The Hall–Kier alpha value is -0.0800. The van der Waals surface area contributed by atoms with Gasteiger partial charge in [0.25, 0.3) is 0 Å². The predicted molar refractivity (Wildman–Crippen MR) is 43.9 cm³/mol. The fraction of sp³-hybridized carbons (Fsp3) is 1.00. The first kappa shape index (κ1) is 8.02. The number of nitrogens with two attached hydrogens (primary N) is 1. The van der Waals surface area contributed by atoms with Gasteiger partial charge in [-0.05, 0) is 25.9 Å². The fourth-order valence-electron chi connectivity index (χ4n) is 1.54. The van der Waals surface area contributed by atoms with Crippen molar-refractivity contribution in [3.05, 3.63) is 0 Å². The molecule has 0 spiro atoms. The second-order valence-corrected chi connectivity index (χ2v) is 3.15. The fourth-order valence-corrected chi connectivity index (χ4v) is 1.54. The summed E-state index contributed by atoms with van der Waals surface area (Å²) in [5.74, 6) is 0. The molecule has 0 amide bonds. The van der Waals surface area contributed by atoms with E-state index in [0.717, 1.165) is 13.1 Å². The molecule has 0 saturated carbocycles. The van der Waals surface area contributed by atoms with Gasteiger partial charge in [-0.2, -0.15) is 0 Å². The van der Waals surface area contributed by atoms with Gasteiger partial charge in [-0.15, -0.1) is 0 Å². The standard InChI is InChI=1S/C8H18N2/c1-2-10-6-4-3-5-8(9)7-10/h8H,2-7,9H2,1H3/t8-/m1/s1. The van der Waals surface area contributed by atoms with E-state index < -0.39 is 0 Å². The molecule has 0 unspecified atom stereocenters. The quantitative estimate of drug-likeness (QED) is 0.587. The van der Waals surface area contributed by atoms with E-state index in [-0.39, 0.29) is 0 Å². The third-order valence-corrected chi connectivity index (χ3v) is 2.24. The van der Waals surface area contributed by atoms with Gasteiger partial charge in [-0.3, -0.25) is 0 Å². The molecule has 60 valence electrons. The summed E-state index contributed by atoms with van der Waals surface area (Å²) >= 11 is 0. The molecule has 10 heavy (non-hydrogen) atoms. The average molecular weight is 142 g/mol. The Labute approximate surface area is 63.4 Å². The van der Waals surface area contributed by atoms with Gasteiger partial charge in [0.2, 0.25) is 0 Å². The van der Waals surface area contributed by atoms with Crippen molar-refractivity contribution in [2.45, 2.75) is 32.2 Å². The van der Waals surface area contributed by atoms with Gasteiger partial charge in [0.05, 0.1) is 0 Å².